The highest BCUT2D eigenvalue weighted by atomic mass is 32.2. The van der Waals surface area contributed by atoms with Gasteiger partial charge in [-0.25, -0.2) is 13.6 Å². The van der Waals surface area contributed by atoms with Gasteiger partial charge >= 0.3 is 0 Å². The number of hydrogen-bond acceptors (Lipinski definition) is 6. The van der Waals surface area contributed by atoms with Crippen molar-refractivity contribution in [3.63, 3.8) is 0 Å². The van der Waals surface area contributed by atoms with Gasteiger partial charge in [0.2, 0.25) is 10.0 Å². The van der Waals surface area contributed by atoms with Crippen LogP contribution >= 0.6 is 0 Å². The molecule has 0 aromatic heterocycles. The van der Waals surface area contributed by atoms with Gasteiger partial charge in [0.05, 0.1) is 9.82 Å². The van der Waals surface area contributed by atoms with Crippen LogP contribution < -0.4 is 15.4 Å². The molecule has 8 nitrogen and oxygen atoms in total. The number of nitro benzene ring substituents is 1. The highest BCUT2D eigenvalue weighted by molar-refractivity contribution is 7.89. The molecule has 116 valence electrons. The number of nitrogens with two attached hydrogens (primary N) is 1. The van der Waals surface area contributed by atoms with Crippen LogP contribution in [-0.2, 0) is 10.0 Å². The summed E-state index contributed by atoms with van der Waals surface area (Å²) in [6.07, 6.45) is 0.939. The Kier molecular flexibility index (Phi) is 4.45. The van der Waals surface area contributed by atoms with E-state index < -0.39 is 14.9 Å². The van der Waals surface area contributed by atoms with Crippen molar-refractivity contribution < 1.29 is 13.3 Å². The minimum Gasteiger partial charge on any atom is -0.366 e. The Hall–Kier alpha value is -1.71. The summed E-state index contributed by atoms with van der Waals surface area (Å²) < 4.78 is 22.6. The molecule has 3 N–H and O–H groups in total. The molecule has 0 bridgehead atoms. The molecule has 0 saturated carbocycles. The van der Waals surface area contributed by atoms with E-state index in [0.29, 0.717) is 24.7 Å². The Balaban J connectivity index is 2.34. The molecule has 21 heavy (non-hydrogen) atoms. The summed E-state index contributed by atoms with van der Waals surface area (Å²) in [4.78, 5) is 12.3. The van der Waals surface area contributed by atoms with Crippen LogP contribution in [0.1, 0.15) is 6.42 Å². The Morgan fingerprint density at radius 2 is 2.24 bits per heavy atom. The van der Waals surface area contributed by atoms with E-state index in [1.165, 1.54) is 12.1 Å². The predicted molar refractivity (Wildman–Crippen MR) is 78.7 cm³/mol. The maximum atomic E-state index is 11.3. The lowest BCUT2D eigenvalue weighted by Crippen LogP contribution is -2.25. The zero-order valence-electron chi connectivity index (χ0n) is 11.7. The molecule has 1 atom stereocenters. The van der Waals surface area contributed by atoms with E-state index in [0.717, 1.165) is 19.0 Å². The number of nitro groups is 1. The molecule has 1 aliphatic rings. The van der Waals surface area contributed by atoms with Crippen molar-refractivity contribution in [1.82, 2.24) is 5.32 Å². The monoisotopic (exact) mass is 314 g/mol. The predicted octanol–water partition coefficient (Wildman–Crippen LogP) is 0.288. The number of primary sulfonamides is 1. The average molecular weight is 314 g/mol. The van der Waals surface area contributed by atoms with E-state index in [9.17, 15) is 18.5 Å². The van der Waals surface area contributed by atoms with Crippen molar-refractivity contribution in [3.05, 3.63) is 28.3 Å². The summed E-state index contributed by atoms with van der Waals surface area (Å²) in [5.41, 5.74) is 0.206. The normalized spacial score (nSPS) is 19.0. The van der Waals surface area contributed by atoms with Gasteiger partial charge in [-0.3, -0.25) is 10.1 Å². The molecule has 1 heterocycles. The van der Waals surface area contributed by atoms with Gasteiger partial charge in [0.15, 0.2) is 0 Å². The van der Waals surface area contributed by atoms with Gasteiger partial charge in [0, 0.05) is 19.2 Å². The van der Waals surface area contributed by atoms with Crippen molar-refractivity contribution in [3.8, 4) is 0 Å². The van der Waals surface area contributed by atoms with Crippen LogP contribution in [0.5, 0.6) is 0 Å². The smallest absolute Gasteiger partial charge is 0.293 e. The van der Waals surface area contributed by atoms with Crippen LogP contribution in [0.25, 0.3) is 0 Å². The van der Waals surface area contributed by atoms with Crippen molar-refractivity contribution in [2.24, 2.45) is 11.1 Å². The molecule has 9 heteroatoms. The minimum absolute atomic E-state index is 0.230. The van der Waals surface area contributed by atoms with E-state index in [2.05, 4.69) is 5.32 Å². The van der Waals surface area contributed by atoms with Crippen molar-refractivity contribution in [2.75, 3.05) is 31.6 Å². The van der Waals surface area contributed by atoms with Crippen molar-refractivity contribution in [2.45, 2.75) is 11.3 Å². The third-order valence-corrected chi connectivity index (χ3v) is 4.50. The zero-order valence-corrected chi connectivity index (χ0v) is 12.5. The SMILES string of the molecule is CNCC1CCN(c2ccc(S(N)(=O)=O)cc2[N+](=O)[O-])C1. The molecule has 0 aliphatic carbocycles. The Morgan fingerprint density at radius 1 is 1.52 bits per heavy atom. The largest absolute Gasteiger partial charge is 0.366 e. The fraction of sp³-hybridized carbons (Fsp3) is 0.500. The highest BCUT2D eigenvalue weighted by Crippen LogP contribution is 2.33. The lowest BCUT2D eigenvalue weighted by atomic mass is 10.1. The molecule has 1 unspecified atom stereocenters. The molecular weight excluding hydrogens is 296 g/mol. The molecule has 1 saturated heterocycles. The van der Waals surface area contributed by atoms with Crippen LogP contribution in [0.2, 0.25) is 0 Å². The van der Waals surface area contributed by atoms with Gasteiger partial charge in [-0.1, -0.05) is 0 Å². The van der Waals surface area contributed by atoms with Crippen molar-refractivity contribution >= 4 is 21.4 Å². The number of rotatable bonds is 5. The molecule has 0 spiro atoms. The van der Waals surface area contributed by atoms with Crippen LogP contribution in [-0.4, -0.2) is 40.0 Å². The minimum atomic E-state index is -3.95. The van der Waals surface area contributed by atoms with Crippen LogP contribution in [0.4, 0.5) is 11.4 Å². The first-order valence-electron chi connectivity index (χ1n) is 6.53. The molecule has 1 aliphatic heterocycles. The summed E-state index contributed by atoms with van der Waals surface area (Å²) in [7, 11) is -2.08. The topological polar surface area (TPSA) is 119 Å². The van der Waals surface area contributed by atoms with Crippen LogP contribution in [0.3, 0.4) is 0 Å². The lowest BCUT2D eigenvalue weighted by molar-refractivity contribution is -0.384. The van der Waals surface area contributed by atoms with E-state index >= 15 is 0 Å². The number of sulfonamides is 1. The zero-order chi connectivity index (χ0) is 15.6. The lowest BCUT2D eigenvalue weighted by Gasteiger charge is -2.19. The average Bonchev–Trinajstić information content (AvgIpc) is 2.86. The third-order valence-electron chi connectivity index (χ3n) is 3.59. The number of anilines is 1. The molecule has 1 aromatic carbocycles. The Labute approximate surface area is 123 Å². The molecule has 1 fully saturated rings. The second kappa shape index (κ2) is 5.96. The summed E-state index contributed by atoms with van der Waals surface area (Å²) in [5, 5.41) is 19.3. The highest BCUT2D eigenvalue weighted by Gasteiger charge is 2.28. The van der Waals surface area contributed by atoms with Gasteiger partial charge in [-0.05, 0) is 38.1 Å². The number of benzene rings is 1. The van der Waals surface area contributed by atoms with Crippen molar-refractivity contribution in [1.29, 1.82) is 0 Å². The number of nitrogens with zero attached hydrogens (tertiary/aromatic N) is 2. The third kappa shape index (κ3) is 3.49. The van der Waals surface area contributed by atoms with Crippen LogP contribution in [0, 0.1) is 16.0 Å². The molecule has 0 amide bonds. The van der Waals surface area contributed by atoms with Crippen LogP contribution in [0.15, 0.2) is 23.1 Å². The first-order valence-corrected chi connectivity index (χ1v) is 8.08. The Bertz CT molecular complexity index is 647. The first kappa shape index (κ1) is 15.7. The second-order valence-corrected chi connectivity index (χ2v) is 6.67. The summed E-state index contributed by atoms with van der Waals surface area (Å²) in [5.74, 6) is 0.424. The molecular formula is C12H18N4O4S. The van der Waals surface area contributed by atoms with E-state index in [4.69, 9.17) is 5.14 Å². The fourth-order valence-corrected chi connectivity index (χ4v) is 3.13. The van der Waals surface area contributed by atoms with E-state index in [-0.39, 0.29) is 10.6 Å². The maximum Gasteiger partial charge on any atom is 0.293 e. The Morgan fingerprint density at radius 3 is 2.81 bits per heavy atom. The van der Waals surface area contributed by atoms with E-state index in [1.54, 1.807) is 0 Å². The van der Waals surface area contributed by atoms with Gasteiger partial charge in [-0.2, -0.15) is 0 Å². The summed E-state index contributed by atoms with van der Waals surface area (Å²) in [6, 6.07) is 3.79. The van der Waals surface area contributed by atoms with Gasteiger partial charge in [0.1, 0.15) is 5.69 Å². The van der Waals surface area contributed by atoms with Gasteiger partial charge < -0.3 is 10.2 Å². The number of hydrogen-bond donors (Lipinski definition) is 2. The quantitative estimate of drug-likeness (QED) is 0.595. The maximum absolute atomic E-state index is 11.3. The fourth-order valence-electron chi connectivity index (χ4n) is 2.60. The van der Waals surface area contributed by atoms with Gasteiger partial charge in [0.25, 0.3) is 5.69 Å². The first-order chi connectivity index (χ1) is 9.82. The molecule has 1 aromatic rings. The molecule has 0 radical (unpaired) electrons. The van der Waals surface area contributed by atoms with E-state index in [1.807, 2.05) is 11.9 Å². The standard InChI is InChI=1S/C12H18N4O4S/c1-14-7-9-4-5-15(8-9)11-3-2-10(21(13,19)20)6-12(11)16(17)18/h2-3,6,9,14H,4-5,7-8H2,1H3,(H2,13,19,20). The summed E-state index contributed by atoms with van der Waals surface area (Å²) in [6.45, 7) is 2.26. The number of nitrogens with one attached hydrogen (secondary N) is 1. The second-order valence-electron chi connectivity index (χ2n) is 5.11. The molecule has 2 rings (SSSR count). The van der Waals surface area contributed by atoms with Gasteiger partial charge in [-0.15, -0.1) is 0 Å². The summed E-state index contributed by atoms with van der Waals surface area (Å²) >= 11 is 0.